The van der Waals surface area contributed by atoms with Gasteiger partial charge in [-0.1, -0.05) is 18.2 Å². The Hall–Kier alpha value is -0.910. The summed E-state index contributed by atoms with van der Waals surface area (Å²) >= 11 is 1.75. The van der Waals surface area contributed by atoms with E-state index in [0.717, 1.165) is 0 Å². The molecule has 0 aliphatic carbocycles. The van der Waals surface area contributed by atoms with E-state index in [4.69, 9.17) is 0 Å². The number of nitrogens with one attached hydrogen (secondary N) is 1. The molecule has 1 N–H and O–H groups in total. The third-order valence-electron chi connectivity index (χ3n) is 3.71. The van der Waals surface area contributed by atoms with Crippen molar-refractivity contribution in [1.82, 2.24) is 5.32 Å². The summed E-state index contributed by atoms with van der Waals surface area (Å²) in [5.74, 6) is 0. The first-order valence-electron chi connectivity index (χ1n) is 6.62. The number of thiophene rings is 1. The molecule has 5 heteroatoms. The van der Waals surface area contributed by atoms with Crippen molar-refractivity contribution in [3.63, 3.8) is 0 Å². The van der Waals surface area contributed by atoms with E-state index in [1.807, 2.05) is 12.1 Å². The van der Waals surface area contributed by atoms with Crippen LogP contribution in [0.2, 0.25) is 0 Å². The second-order valence-electron chi connectivity index (χ2n) is 5.82. The fourth-order valence-corrected chi connectivity index (χ4v) is 3.28. The number of rotatable bonds is 5. The minimum Gasteiger partial charge on any atom is -0.308 e. The van der Waals surface area contributed by atoms with E-state index in [1.165, 1.54) is 21.2 Å². The number of sulfone groups is 1. The molecule has 0 aliphatic rings. The van der Waals surface area contributed by atoms with Crippen LogP contribution in [0.1, 0.15) is 31.7 Å². The van der Waals surface area contributed by atoms with Crippen LogP contribution in [-0.4, -0.2) is 26.0 Å². The third-order valence-corrected chi connectivity index (χ3v) is 7.16. The van der Waals surface area contributed by atoms with Crippen LogP contribution in [0, 0.1) is 0 Å². The van der Waals surface area contributed by atoms with E-state index in [2.05, 4.69) is 30.4 Å². The Morgan fingerprint density at radius 1 is 1.30 bits per heavy atom. The molecule has 0 aliphatic heterocycles. The first kappa shape index (κ1) is 15.5. The lowest BCUT2D eigenvalue weighted by atomic mass is 10.1. The molecular formula is C15H21NO2S2. The molecule has 2 aromatic rings. The van der Waals surface area contributed by atoms with Crippen molar-refractivity contribution in [3.05, 3.63) is 35.2 Å². The Bertz CT molecular complexity index is 668. The highest BCUT2D eigenvalue weighted by molar-refractivity contribution is 7.92. The standard InChI is InChI=1S/C15H21NO2S2/c1-11(16-10-15(2,3)20(4,17)18)14-9-12-7-5-6-8-13(12)19-14/h5-9,11,16H,10H2,1-4H3. The lowest BCUT2D eigenvalue weighted by Gasteiger charge is -2.25. The van der Waals surface area contributed by atoms with Crippen molar-refractivity contribution in [3.8, 4) is 0 Å². The summed E-state index contributed by atoms with van der Waals surface area (Å²) in [4.78, 5) is 1.23. The molecule has 20 heavy (non-hydrogen) atoms. The van der Waals surface area contributed by atoms with Gasteiger partial charge in [-0.15, -0.1) is 11.3 Å². The van der Waals surface area contributed by atoms with Gasteiger partial charge in [0.25, 0.3) is 0 Å². The lowest BCUT2D eigenvalue weighted by molar-refractivity contribution is 0.492. The van der Waals surface area contributed by atoms with E-state index in [-0.39, 0.29) is 6.04 Å². The van der Waals surface area contributed by atoms with Gasteiger partial charge in [-0.05, 0) is 38.3 Å². The number of hydrogen-bond acceptors (Lipinski definition) is 4. The van der Waals surface area contributed by atoms with E-state index < -0.39 is 14.6 Å². The number of benzene rings is 1. The first-order chi connectivity index (χ1) is 9.21. The monoisotopic (exact) mass is 311 g/mol. The smallest absolute Gasteiger partial charge is 0.153 e. The maximum atomic E-state index is 11.7. The molecule has 0 fully saturated rings. The number of hydrogen-bond donors (Lipinski definition) is 1. The van der Waals surface area contributed by atoms with Gasteiger partial charge < -0.3 is 5.32 Å². The van der Waals surface area contributed by atoms with Crippen LogP contribution in [0.5, 0.6) is 0 Å². The molecule has 0 saturated heterocycles. The fourth-order valence-electron chi connectivity index (χ4n) is 1.85. The predicted octanol–water partition coefficient (Wildman–Crippen LogP) is 3.38. The van der Waals surface area contributed by atoms with E-state index in [9.17, 15) is 8.42 Å². The molecule has 0 radical (unpaired) electrons. The highest BCUT2D eigenvalue weighted by Crippen LogP contribution is 2.30. The minimum atomic E-state index is -3.06. The Morgan fingerprint density at radius 3 is 2.55 bits per heavy atom. The molecule has 0 spiro atoms. The molecule has 1 unspecified atom stereocenters. The third kappa shape index (κ3) is 3.22. The average Bonchev–Trinajstić information content (AvgIpc) is 2.78. The van der Waals surface area contributed by atoms with Crippen LogP contribution in [0.3, 0.4) is 0 Å². The predicted molar refractivity (Wildman–Crippen MR) is 87.2 cm³/mol. The summed E-state index contributed by atoms with van der Waals surface area (Å²) in [7, 11) is -3.06. The lowest BCUT2D eigenvalue weighted by Crippen LogP contribution is -2.42. The zero-order chi connectivity index (χ0) is 15.0. The SMILES string of the molecule is CC(NCC(C)(C)S(C)(=O)=O)c1cc2ccccc2s1. The second kappa shape index (κ2) is 5.47. The topological polar surface area (TPSA) is 46.2 Å². The van der Waals surface area contributed by atoms with Gasteiger partial charge in [0.05, 0.1) is 4.75 Å². The molecule has 1 atom stereocenters. The van der Waals surface area contributed by atoms with Crippen LogP contribution in [0.4, 0.5) is 0 Å². The van der Waals surface area contributed by atoms with Gasteiger partial charge in [0.2, 0.25) is 0 Å². The van der Waals surface area contributed by atoms with Gasteiger partial charge in [-0.3, -0.25) is 0 Å². The second-order valence-corrected chi connectivity index (χ2v) is 9.59. The molecule has 1 aromatic carbocycles. The van der Waals surface area contributed by atoms with Crippen molar-refractivity contribution in [1.29, 1.82) is 0 Å². The normalized spacial score (nSPS) is 14.6. The Balaban J connectivity index is 2.11. The summed E-state index contributed by atoms with van der Waals surface area (Å²) < 4.78 is 23.9. The average molecular weight is 311 g/mol. The quantitative estimate of drug-likeness (QED) is 0.921. The summed E-state index contributed by atoms with van der Waals surface area (Å²) in [5, 5.41) is 4.58. The van der Waals surface area contributed by atoms with Gasteiger partial charge in [0.1, 0.15) is 0 Å². The fraction of sp³-hybridized carbons (Fsp3) is 0.467. The summed E-state index contributed by atoms with van der Waals surface area (Å²) in [6, 6.07) is 10.6. The largest absolute Gasteiger partial charge is 0.308 e. The summed E-state index contributed by atoms with van der Waals surface area (Å²) in [5.41, 5.74) is 0. The molecular weight excluding hydrogens is 290 g/mol. The van der Waals surface area contributed by atoms with E-state index >= 15 is 0 Å². The van der Waals surface area contributed by atoms with Crippen molar-refractivity contribution in [2.45, 2.75) is 31.6 Å². The Kier molecular flexibility index (Phi) is 4.23. The van der Waals surface area contributed by atoms with Gasteiger partial charge in [-0.2, -0.15) is 0 Å². The van der Waals surface area contributed by atoms with Gasteiger partial charge in [-0.25, -0.2) is 8.42 Å². The van der Waals surface area contributed by atoms with Crippen LogP contribution in [0.25, 0.3) is 10.1 Å². The van der Waals surface area contributed by atoms with Crippen molar-refractivity contribution >= 4 is 31.3 Å². The first-order valence-corrected chi connectivity index (χ1v) is 9.33. The maximum absolute atomic E-state index is 11.7. The van der Waals surface area contributed by atoms with Crippen LogP contribution >= 0.6 is 11.3 Å². The van der Waals surface area contributed by atoms with E-state index in [1.54, 1.807) is 25.2 Å². The molecule has 2 rings (SSSR count). The highest BCUT2D eigenvalue weighted by Gasteiger charge is 2.30. The summed E-state index contributed by atoms with van der Waals surface area (Å²) in [6.45, 7) is 6.03. The van der Waals surface area contributed by atoms with Crippen molar-refractivity contribution in [2.75, 3.05) is 12.8 Å². The summed E-state index contributed by atoms with van der Waals surface area (Å²) in [6.07, 6.45) is 1.29. The van der Waals surface area contributed by atoms with Crippen LogP contribution in [-0.2, 0) is 9.84 Å². The highest BCUT2D eigenvalue weighted by atomic mass is 32.2. The molecule has 0 saturated carbocycles. The Labute approximate surface area is 124 Å². The molecule has 0 bridgehead atoms. The van der Waals surface area contributed by atoms with E-state index in [0.29, 0.717) is 6.54 Å². The van der Waals surface area contributed by atoms with Crippen molar-refractivity contribution < 1.29 is 8.42 Å². The molecule has 1 heterocycles. The number of fused-ring (bicyclic) bond motifs is 1. The minimum absolute atomic E-state index is 0.147. The molecule has 0 amide bonds. The van der Waals surface area contributed by atoms with Crippen LogP contribution in [0.15, 0.2) is 30.3 Å². The molecule has 1 aromatic heterocycles. The Morgan fingerprint density at radius 2 is 1.95 bits per heavy atom. The van der Waals surface area contributed by atoms with Gasteiger partial charge >= 0.3 is 0 Å². The van der Waals surface area contributed by atoms with Gasteiger partial charge in [0, 0.05) is 28.4 Å². The van der Waals surface area contributed by atoms with Crippen LogP contribution < -0.4 is 5.32 Å². The maximum Gasteiger partial charge on any atom is 0.153 e. The molecule has 110 valence electrons. The zero-order valence-electron chi connectivity index (χ0n) is 12.3. The zero-order valence-corrected chi connectivity index (χ0v) is 13.9. The van der Waals surface area contributed by atoms with Crippen molar-refractivity contribution in [2.24, 2.45) is 0 Å². The van der Waals surface area contributed by atoms with Gasteiger partial charge in [0.15, 0.2) is 9.84 Å². The molecule has 3 nitrogen and oxygen atoms in total.